The van der Waals surface area contributed by atoms with Gasteiger partial charge in [-0.05, 0) is 42.0 Å². The number of anilines is 1. The molecule has 0 bridgehead atoms. The molecular formula is C23H19BrN2O5S. The van der Waals surface area contributed by atoms with Gasteiger partial charge in [0, 0.05) is 10.0 Å². The lowest BCUT2D eigenvalue weighted by molar-refractivity contribution is 0.0998. The Balaban J connectivity index is 1.70. The Labute approximate surface area is 194 Å². The predicted octanol–water partition coefficient (Wildman–Crippen LogP) is 4.47. The number of sulfonamides is 1. The first-order valence-electron chi connectivity index (χ1n) is 9.66. The van der Waals surface area contributed by atoms with Crippen LogP contribution in [0.4, 0.5) is 10.5 Å². The molecule has 0 spiro atoms. The summed E-state index contributed by atoms with van der Waals surface area (Å²) in [5, 5.41) is 0. The number of carbonyl (C=O) groups excluding carboxylic acids is 2. The van der Waals surface area contributed by atoms with E-state index in [-0.39, 0.29) is 29.5 Å². The molecule has 0 N–H and O–H groups in total. The number of fused-ring (bicyclic) bond motifs is 1. The molecule has 4 rings (SSSR count). The Morgan fingerprint density at radius 3 is 2.28 bits per heavy atom. The van der Waals surface area contributed by atoms with Gasteiger partial charge in [0.25, 0.3) is 10.0 Å². The largest absolute Gasteiger partial charge is 0.497 e. The summed E-state index contributed by atoms with van der Waals surface area (Å²) in [4.78, 5) is 27.4. The number of methoxy groups -OCH3 is 1. The van der Waals surface area contributed by atoms with Crippen LogP contribution >= 0.6 is 15.9 Å². The third kappa shape index (κ3) is 4.13. The molecule has 1 aliphatic rings. The fraction of sp³-hybridized carbons (Fsp3) is 0.130. The zero-order chi connectivity index (χ0) is 22.9. The van der Waals surface area contributed by atoms with Gasteiger partial charge in [0.2, 0.25) is 0 Å². The number of para-hydroxylation sites is 1. The molecule has 0 radical (unpaired) electrons. The van der Waals surface area contributed by atoms with Crippen molar-refractivity contribution in [2.24, 2.45) is 0 Å². The van der Waals surface area contributed by atoms with E-state index in [1.54, 1.807) is 60.7 Å². The van der Waals surface area contributed by atoms with E-state index in [1.165, 1.54) is 24.1 Å². The minimum atomic E-state index is -4.09. The van der Waals surface area contributed by atoms with Crippen LogP contribution in [-0.2, 0) is 16.6 Å². The van der Waals surface area contributed by atoms with Crippen LogP contribution < -0.4 is 9.64 Å². The third-order valence-corrected chi connectivity index (χ3v) is 7.42. The van der Waals surface area contributed by atoms with Crippen LogP contribution in [0.2, 0.25) is 0 Å². The van der Waals surface area contributed by atoms with Gasteiger partial charge in [0.15, 0.2) is 5.78 Å². The molecule has 0 fully saturated rings. The summed E-state index contributed by atoms with van der Waals surface area (Å²) in [5.74, 6) is 0.318. The van der Waals surface area contributed by atoms with Gasteiger partial charge in [0.05, 0.1) is 25.9 Å². The van der Waals surface area contributed by atoms with Crippen molar-refractivity contribution < 1.29 is 22.7 Å². The molecule has 0 unspecified atom stereocenters. The van der Waals surface area contributed by atoms with E-state index in [0.29, 0.717) is 16.9 Å². The molecule has 2 amide bonds. The maximum atomic E-state index is 13.3. The topological polar surface area (TPSA) is 84.0 Å². The highest BCUT2D eigenvalue weighted by Gasteiger charge is 2.42. The Kier molecular flexibility index (Phi) is 6.03. The summed E-state index contributed by atoms with van der Waals surface area (Å²) in [6.07, 6.45) is 0. The summed E-state index contributed by atoms with van der Waals surface area (Å²) < 4.78 is 33.2. The van der Waals surface area contributed by atoms with Gasteiger partial charge in [-0.2, -0.15) is 0 Å². The second-order valence-corrected chi connectivity index (χ2v) is 9.87. The Bertz CT molecular complexity index is 1270. The second-order valence-electron chi connectivity index (χ2n) is 7.13. The van der Waals surface area contributed by atoms with Crippen LogP contribution in [0.1, 0.15) is 15.9 Å². The number of benzene rings is 3. The molecule has 9 heteroatoms. The highest BCUT2D eigenvalue weighted by Crippen LogP contribution is 2.35. The highest BCUT2D eigenvalue weighted by atomic mass is 79.9. The van der Waals surface area contributed by atoms with Crippen molar-refractivity contribution in [1.29, 1.82) is 0 Å². The SMILES string of the molecule is COc1ccc(CN2C(=O)N(CC(=O)c3ccc(Br)cc3)c3ccccc3S2(=O)=O)cc1. The molecule has 0 aliphatic carbocycles. The number of rotatable bonds is 6. The number of hydrogen-bond acceptors (Lipinski definition) is 5. The number of ether oxygens (including phenoxy) is 1. The molecule has 0 saturated carbocycles. The first kappa shape index (κ1) is 22.0. The van der Waals surface area contributed by atoms with Crippen LogP contribution in [0.15, 0.2) is 82.2 Å². The minimum absolute atomic E-state index is 0.0169. The lowest BCUT2D eigenvalue weighted by Gasteiger charge is -2.36. The Morgan fingerprint density at radius 2 is 1.62 bits per heavy atom. The first-order valence-corrected chi connectivity index (χ1v) is 11.9. The summed E-state index contributed by atoms with van der Waals surface area (Å²) in [7, 11) is -2.56. The third-order valence-electron chi connectivity index (χ3n) is 5.12. The molecule has 1 heterocycles. The van der Waals surface area contributed by atoms with Gasteiger partial charge in [-0.3, -0.25) is 9.69 Å². The lowest BCUT2D eigenvalue weighted by atomic mass is 10.1. The molecule has 32 heavy (non-hydrogen) atoms. The van der Waals surface area contributed by atoms with Crippen molar-refractivity contribution in [1.82, 2.24) is 4.31 Å². The van der Waals surface area contributed by atoms with Crippen LogP contribution in [0.5, 0.6) is 5.75 Å². The van der Waals surface area contributed by atoms with Crippen LogP contribution in [0.3, 0.4) is 0 Å². The summed E-state index contributed by atoms with van der Waals surface area (Å²) in [5.41, 5.74) is 1.23. The smallest absolute Gasteiger partial charge is 0.339 e. The number of ketones is 1. The van der Waals surface area contributed by atoms with Crippen molar-refractivity contribution in [2.45, 2.75) is 11.4 Å². The van der Waals surface area contributed by atoms with Crippen LogP contribution in [0.25, 0.3) is 0 Å². The lowest BCUT2D eigenvalue weighted by Crippen LogP contribution is -2.51. The van der Waals surface area contributed by atoms with E-state index < -0.39 is 16.1 Å². The molecule has 0 saturated heterocycles. The second kappa shape index (κ2) is 8.76. The minimum Gasteiger partial charge on any atom is -0.497 e. The summed E-state index contributed by atoms with van der Waals surface area (Å²) in [6, 6.07) is 19.0. The zero-order valence-corrected chi connectivity index (χ0v) is 19.5. The van der Waals surface area contributed by atoms with Crippen molar-refractivity contribution >= 4 is 43.5 Å². The summed E-state index contributed by atoms with van der Waals surface area (Å²) in [6.45, 7) is -0.450. The molecule has 1 aliphatic heterocycles. The van der Waals surface area contributed by atoms with E-state index in [4.69, 9.17) is 4.74 Å². The van der Waals surface area contributed by atoms with Gasteiger partial charge in [-0.1, -0.05) is 52.3 Å². The molecule has 0 atom stereocenters. The maximum Gasteiger partial charge on any atom is 0.339 e. The van der Waals surface area contributed by atoms with Crippen molar-refractivity contribution in [3.8, 4) is 5.75 Å². The number of amides is 2. The Morgan fingerprint density at radius 1 is 0.969 bits per heavy atom. The van der Waals surface area contributed by atoms with E-state index in [0.717, 1.165) is 8.78 Å². The monoisotopic (exact) mass is 514 g/mol. The number of halogens is 1. The van der Waals surface area contributed by atoms with Gasteiger partial charge in [0.1, 0.15) is 10.6 Å². The number of nitrogens with zero attached hydrogens (tertiary/aromatic N) is 2. The van der Waals surface area contributed by atoms with Gasteiger partial charge < -0.3 is 4.74 Å². The van der Waals surface area contributed by atoms with Crippen LogP contribution in [-0.4, -0.2) is 38.2 Å². The van der Waals surface area contributed by atoms with Gasteiger partial charge in [-0.15, -0.1) is 0 Å². The highest BCUT2D eigenvalue weighted by molar-refractivity contribution is 9.10. The molecule has 0 aromatic heterocycles. The number of carbonyl (C=O) groups is 2. The Hall–Kier alpha value is -3.17. The summed E-state index contributed by atoms with van der Waals surface area (Å²) >= 11 is 3.33. The number of hydrogen-bond donors (Lipinski definition) is 0. The van der Waals surface area contributed by atoms with Gasteiger partial charge >= 0.3 is 6.03 Å². The average Bonchev–Trinajstić information content (AvgIpc) is 2.80. The standard InChI is InChI=1S/C23H19BrN2O5S/c1-31-19-12-6-16(7-13-19)14-26-23(28)25(15-21(27)17-8-10-18(24)11-9-17)20-4-2-3-5-22(20)32(26,29)30/h2-13H,14-15H2,1H3. The van der Waals surface area contributed by atoms with Crippen molar-refractivity contribution in [3.05, 3.63) is 88.4 Å². The molecular weight excluding hydrogens is 496 g/mol. The fourth-order valence-electron chi connectivity index (χ4n) is 3.43. The van der Waals surface area contributed by atoms with Crippen molar-refractivity contribution in [3.63, 3.8) is 0 Å². The molecule has 7 nitrogen and oxygen atoms in total. The van der Waals surface area contributed by atoms with Gasteiger partial charge in [-0.25, -0.2) is 17.5 Å². The maximum absolute atomic E-state index is 13.3. The molecule has 3 aromatic rings. The van der Waals surface area contributed by atoms with E-state index >= 15 is 0 Å². The van der Waals surface area contributed by atoms with Crippen molar-refractivity contribution in [2.75, 3.05) is 18.6 Å². The predicted molar refractivity (Wildman–Crippen MR) is 123 cm³/mol. The number of Topliss-reactive ketones (excluding diaryl/α,β-unsaturated/α-hetero) is 1. The normalized spacial score (nSPS) is 14.8. The molecule has 164 valence electrons. The van der Waals surface area contributed by atoms with E-state index in [9.17, 15) is 18.0 Å². The fourth-order valence-corrected chi connectivity index (χ4v) is 5.25. The quantitative estimate of drug-likeness (QED) is 0.453. The van der Waals surface area contributed by atoms with E-state index in [1.807, 2.05) is 0 Å². The van der Waals surface area contributed by atoms with Crippen LogP contribution in [0, 0.1) is 0 Å². The number of urea groups is 1. The first-order chi connectivity index (χ1) is 15.3. The average molecular weight is 515 g/mol. The zero-order valence-electron chi connectivity index (χ0n) is 17.1. The molecule has 3 aromatic carbocycles. The van der Waals surface area contributed by atoms with E-state index in [2.05, 4.69) is 15.9 Å².